The fourth-order valence-corrected chi connectivity index (χ4v) is 4.80. The van der Waals surface area contributed by atoms with E-state index in [2.05, 4.69) is 5.32 Å². The number of hydrogen-bond acceptors (Lipinski definition) is 8. The lowest BCUT2D eigenvalue weighted by Gasteiger charge is -2.35. The Labute approximate surface area is 210 Å². The molecule has 36 heavy (non-hydrogen) atoms. The van der Waals surface area contributed by atoms with Crippen molar-refractivity contribution in [2.24, 2.45) is 0 Å². The van der Waals surface area contributed by atoms with Gasteiger partial charge in [0.05, 0.1) is 32.8 Å². The van der Waals surface area contributed by atoms with Gasteiger partial charge in [-0.1, -0.05) is 24.3 Å². The van der Waals surface area contributed by atoms with Crippen molar-refractivity contribution < 1.29 is 33.3 Å². The number of carbonyl (C=O) groups excluding carboxylic acids is 2. The summed E-state index contributed by atoms with van der Waals surface area (Å²) in [5.74, 6) is 0.769. The lowest BCUT2D eigenvalue weighted by molar-refractivity contribution is -0.140. The van der Waals surface area contributed by atoms with Gasteiger partial charge in [-0.3, -0.25) is 4.79 Å². The van der Waals surface area contributed by atoms with Gasteiger partial charge < -0.3 is 29.0 Å². The molecule has 0 amide bonds. The molecule has 0 fully saturated rings. The predicted octanol–water partition coefficient (Wildman–Crippen LogP) is 4.30. The van der Waals surface area contributed by atoms with E-state index < -0.39 is 11.9 Å². The van der Waals surface area contributed by atoms with Crippen LogP contribution in [0.25, 0.3) is 0 Å². The zero-order valence-electron chi connectivity index (χ0n) is 21.0. The van der Waals surface area contributed by atoms with Crippen LogP contribution in [0, 0.1) is 0 Å². The fraction of sp³-hybridized carbons (Fsp3) is 0.357. The monoisotopic (exact) mass is 493 g/mol. The third kappa shape index (κ3) is 4.89. The van der Waals surface area contributed by atoms with E-state index in [-0.39, 0.29) is 19.0 Å². The first kappa shape index (κ1) is 25.2. The fourth-order valence-electron chi connectivity index (χ4n) is 4.80. The zero-order chi connectivity index (χ0) is 25.7. The second-order valence-electron chi connectivity index (χ2n) is 8.49. The molecule has 2 aliphatic rings. The highest BCUT2D eigenvalue weighted by atomic mass is 16.6. The van der Waals surface area contributed by atoms with Crippen molar-refractivity contribution in [3.8, 4) is 23.0 Å². The number of dihydropyridines is 1. The summed E-state index contributed by atoms with van der Waals surface area (Å²) in [6, 6.07) is 12.9. The number of allylic oxidation sites excluding steroid dienone is 3. The molecule has 8 heteroatoms. The lowest BCUT2D eigenvalue weighted by Crippen LogP contribution is -2.34. The first-order valence-electron chi connectivity index (χ1n) is 11.9. The summed E-state index contributed by atoms with van der Waals surface area (Å²) in [5, 5.41) is 3.29. The summed E-state index contributed by atoms with van der Waals surface area (Å²) >= 11 is 0. The van der Waals surface area contributed by atoms with E-state index in [1.807, 2.05) is 43.3 Å². The number of hydrogen-bond donors (Lipinski definition) is 1. The van der Waals surface area contributed by atoms with E-state index in [1.54, 1.807) is 6.07 Å². The largest absolute Gasteiger partial charge is 0.493 e. The molecule has 1 aliphatic carbocycles. The normalized spacial score (nSPS) is 17.2. The van der Waals surface area contributed by atoms with Crippen LogP contribution in [-0.4, -0.2) is 46.3 Å². The average Bonchev–Trinajstić information content (AvgIpc) is 2.90. The predicted molar refractivity (Wildman–Crippen MR) is 133 cm³/mol. The molecule has 1 aliphatic heterocycles. The topological polar surface area (TPSA) is 92.3 Å². The molecule has 0 bridgehead atoms. The second-order valence-corrected chi connectivity index (χ2v) is 8.49. The van der Waals surface area contributed by atoms with Gasteiger partial charge >= 0.3 is 5.97 Å². The van der Waals surface area contributed by atoms with Gasteiger partial charge in [-0.25, -0.2) is 4.79 Å². The number of ether oxygens (including phenoxy) is 5. The number of esters is 1. The number of nitrogens with one attached hydrogen (secondary N) is 1. The zero-order valence-corrected chi connectivity index (χ0v) is 21.0. The number of ketones is 1. The van der Waals surface area contributed by atoms with Crippen LogP contribution in [0.4, 0.5) is 0 Å². The second kappa shape index (κ2) is 11.2. The van der Waals surface area contributed by atoms with Gasteiger partial charge in [0.25, 0.3) is 0 Å². The molecular weight excluding hydrogens is 462 g/mol. The minimum absolute atomic E-state index is 0.00389. The molecule has 1 atom stereocenters. The van der Waals surface area contributed by atoms with Crippen LogP contribution >= 0.6 is 0 Å². The molecule has 2 aromatic carbocycles. The average molecular weight is 494 g/mol. The van der Waals surface area contributed by atoms with Crippen molar-refractivity contribution in [3.05, 3.63) is 70.6 Å². The Morgan fingerprint density at radius 1 is 0.944 bits per heavy atom. The van der Waals surface area contributed by atoms with E-state index >= 15 is 0 Å². The molecule has 1 N–H and O–H groups in total. The van der Waals surface area contributed by atoms with Crippen molar-refractivity contribution in [1.29, 1.82) is 0 Å². The Balaban J connectivity index is 1.69. The molecule has 1 heterocycles. The van der Waals surface area contributed by atoms with Gasteiger partial charge in [-0.15, -0.1) is 0 Å². The Morgan fingerprint density at radius 2 is 1.69 bits per heavy atom. The van der Waals surface area contributed by atoms with Gasteiger partial charge in [0.2, 0.25) is 5.75 Å². The third-order valence-corrected chi connectivity index (χ3v) is 6.37. The number of rotatable bonds is 9. The van der Waals surface area contributed by atoms with Crippen LogP contribution in [0.1, 0.15) is 37.7 Å². The molecule has 0 radical (unpaired) electrons. The number of Topliss-reactive ketones (excluding diaryl/α,β-unsaturated/α-hetero) is 1. The highest BCUT2D eigenvalue weighted by Crippen LogP contribution is 2.50. The minimum atomic E-state index is -0.675. The summed E-state index contributed by atoms with van der Waals surface area (Å²) < 4.78 is 28.0. The van der Waals surface area contributed by atoms with E-state index in [4.69, 9.17) is 23.7 Å². The number of para-hydroxylation sites is 1. The molecule has 2 aromatic rings. The summed E-state index contributed by atoms with van der Waals surface area (Å²) in [7, 11) is 4.58. The van der Waals surface area contributed by atoms with E-state index in [0.29, 0.717) is 51.8 Å². The smallest absolute Gasteiger partial charge is 0.336 e. The van der Waals surface area contributed by atoms with Crippen LogP contribution in [0.2, 0.25) is 0 Å². The SMILES string of the molecule is COc1ccc([C@H]2C(C(=O)OCCOc3ccccc3)=C(C)NC3=C2C(=O)CCC3)c(OC)c1OC. The number of benzene rings is 2. The number of methoxy groups -OCH3 is 3. The molecule has 0 aromatic heterocycles. The summed E-state index contributed by atoms with van der Waals surface area (Å²) in [6.07, 6.45) is 1.89. The number of carbonyl (C=O) groups is 2. The molecule has 0 unspecified atom stereocenters. The van der Waals surface area contributed by atoms with Gasteiger partial charge in [0.15, 0.2) is 17.3 Å². The molecule has 0 saturated carbocycles. The first-order valence-corrected chi connectivity index (χ1v) is 11.9. The summed E-state index contributed by atoms with van der Waals surface area (Å²) in [6.45, 7) is 2.08. The molecular formula is C28H31NO7. The molecule has 4 rings (SSSR count). The van der Waals surface area contributed by atoms with Crippen LogP contribution in [0.5, 0.6) is 23.0 Å². The molecule has 0 spiro atoms. The maximum absolute atomic E-state index is 13.5. The van der Waals surface area contributed by atoms with Crippen molar-refractivity contribution in [2.45, 2.75) is 32.1 Å². The van der Waals surface area contributed by atoms with Gasteiger partial charge in [0.1, 0.15) is 19.0 Å². The van der Waals surface area contributed by atoms with Crippen LogP contribution in [0.15, 0.2) is 65.0 Å². The van der Waals surface area contributed by atoms with Crippen molar-refractivity contribution in [3.63, 3.8) is 0 Å². The maximum Gasteiger partial charge on any atom is 0.336 e. The summed E-state index contributed by atoms with van der Waals surface area (Å²) in [5.41, 5.74) is 3.01. The van der Waals surface area contributed by atoms with Gasteiger partial charge in [0, 0.05) is 29.0 Å². The van der Waals surface area contributed by atoms with Gasteiger partial charge in [-0.05, 0) is 38.0 Å². The van der Waals surface area contributed by atoms with Crippen LogP contribution < -0.4 is 24.3 Å². The first-order chi connectivity index (χ1) is 17.5. The standard InChI is InChI=1S/C28H31NO7/c1-17-23(28(31)36-16-15-35-18-9-6-5-7-10-18)24(25-20(29-17)11-8-12-21(25)30)19-13-14-22(32-2)27(34-4)26(19)33-3/h5-7,9-10,13-14,24,29H,8,11-12,15-16H2,1-4H3/t24-/m0/s1. The van der Waals surface area contributed by atoms with E-state index in [0.717, 1.165) is 18.5 Å². The van der Waals surface area contributed by atoms with Crippen molar-refractivity contribution in [2.75, 3.05) is 34.5 Å². The summed E-state index contributed by atoms with van der Waals surface area (Å²) in [4.78, 5) is 26.6. The quantitative estimate of drug-likeness (QED) is 0.408. The molecule has 0 saturated heterocycles. The molecule has 190 valence electrons. The van der Waals surface area contributed by atoms with E-state index in [1.165, 1.54) is 21.3 Å². The minimum Gasteiger partial charge on any atom is -0.493 e. The Kier molecular flexibility index (Phi) is 7.83. The van der Waals surface area contributed by atoms with Crippen molar-refractivity contribution >= 4 is 11.8 Å². The van der Waals surface area contributed by atoms with Crippen LogP contribution in [0.3, 0.4) is 0 Å². The van der Waals surface area contributed by atoms with Crippen LogP contribution in [-0.2, 0) is 14.3 Å². The lowest BCUT2D eigenvalue weighted by atomic mass is 9.75. The highest BCUT2D eigenvalue weighted by molar-refractivity contribution is 6.04. The maximum atomic E-state index is 13.5. The molecule has 8 nitrogen and oxygen atoms in total. The van der Waals surface area contributed by atoms with E-state index in [9.17, 15) is 9.59 Å². The Bertz CT molecular complexity index is 1200. The van der Waals surface area contributed by atoms with Gasteiger partial charge in [-0.2, -0.15) is 0 Å². The highest BCUT2D eigenvalue weighted by Gasteiger charge is 2.41. The Hall–Kier alpha value is -3.94. The third-order valence-electron chi connectivity index (χ3n) is 6.37. The van der Waals surface area contributed by atoms with Crippen molar-refractivity contribution in [1.82, 2.24) is 5.32 Å². The Morgan fingerprint density at radius 3 is 2.39 bits per heavy atom.